The van der Waals surface area contributed by atoms with Gasteiger partial charge in [-0.2, -0.15) is 0 Å². The number of carbonyl (C=O) groups is 1. The first kappa shape index (κ1) is 19.8. The smallest absolute Gasteiger partial charge is 0.307 e. The van der Waals surface area contributed by atoms with Gasteiger partial charge in [0.15, 0.2) is 5.76 Å². The highest BCUT2D eigenvalue weighted by atomic mass is 35.5. The molecule has 29 heavy (non-hydrogen) atoms. The number of hydrogen-bond acceptors (Lipinski definition) is 5. The SMILES string of the molecule is CN1CCN(c2ccccc2/C=C2/OCCNN(c3ccc(Cl)cc3)C2=O)CC1. The Hall–Kier alpha value is -2.54. The Morgan fingerprint density at radius 2 is 1.76 bits per heavy atom. The van der Waals surface area contributed by atoms with Crippen LogP contribution in [0.1, 0.15) is 5.56 Å². The van der Waals surface area contributed by atoms with Crippen molar-refractivity contribution in [1.82, 2.24) is 10.3 Å². The summed E-state index contributed by atoms with van der Waals surface area (Å²) >= 11 is 5.99. The average Bonchev–Trinajstić information content (AvgIpc) is 2.92. The molecule has 2 aliphatic rings. The van der Waals surface area contributed by atoms with E-state index in [1.54, 1.807) is 12.1 Å². The van der Waals surface area contributed by atoms with Crippen molar-refractivity contribution >= 4 is 35.0 Å². The van der Waals surface area contributed by atoms with Gasteiger partial charge in [-0.3, -0.25) is 4.79 Å². The average molecular weight is 413 g/mol. The van der Waals surface area contributed by atoms with E-state index < -0.39 is 0 Å². The molecule has 2 heterocycles. The van der Waals surface area contributed by atoms with Gasteiger partial charge in [-0.05, 0) is 43.5 Å². The number of anilines is 2. The number of hydrogen-bond donors (Lipinski definition) is 1. The largest absolute Gasteiger partial charge is 0.486 e. The normalized spacial score (nSPS) is 19.9. The van der Waals surface area contributed by atoms with Crippen molar-refractivity contribution in [3.63, 3.8) is 0 Å². The number of nitrogens with zero attached hydrogens (tertiary/aromatic N) is 3. The number of halogens is 1. The molecule has 0 bridgehead atoms. The number of benzene rings is 2. The van der Waals surface area contributed by atoms with Gasteiger partial charge in [0.05, 0.1) is 5.69 Å². The molecule has 6 nitrogen and oxygen atoms in total. The summed E-state index contributed by atoms with van der Waals surface area (Å²) in [4.78, 5) is 17.9. The Kier molecular flexibility index (Phi) is 6.04. The van der Waals surface area contributed by atoms with E-state index >= 15 is 0 Å². The molecule has 0 atom stereocenters. The fourth-order valence-electron chi connectivity index (χ4n) is 3.55. The van der Waals surface area contributed by atoms with Crippen LogP contribution >= 0.6 is 11.6 Å². The second kappa shape index (κ2) is 8.86. The van der Waals surface area contributed by atoms with Gasteiger partial charge in [0.1, 0.15) is 6.61 Å². The van der Waals surface area contributed by atoms with E-state index in [1.807, 2.05) is 36.4 Å². The Morgan fingerprint density at radius 1 is 1.03 bits per heavy atom. The highest BCUT2D eigenvalue weighted by Gasteiger charge is 2.25. The molecule has 0 saturated carbocycles. The van der Waals surface area contributed by atoms with Crippen LogP contribution in [0.3, 0.4) is 0 Å². The fourth-order valence-corrected chi connectivity index (χ4v) is 3.68. The van der Waals surface area contributed by atoms with Crippen LogP contribution in [-0.4, -0.2) is 57.2 Å². The molecular formula is C22H25ClN4O2. The molecule has 0 aromatic heterocycles. The number of nitrogens with one attached hydrogen (secondary N) is 1. The quantitative estimate of drug-likeness (QED) is 0.785. The number of likely N-dealkylation sites (N-methyl/N-ethyl adjacent to an activating group) is 1. The Labute approximate surface area is 176 Å². The third-order valence-electron chi connectivity index (χ3n) is 5.20. The zero-order valence-corrected chi connectivity index (χ0v) is 17.2. The minimum atomic E-state index is -0.224. The summed E-state index contributed by atoms with van der Waals surface area (Å²) in [5, 5.41) is 2.15. The second-order valence-corrected chi connectivity index (χ2v) is 7.67. The number of piperazine rings is 1. The number of amides is 1. The molecule has 2 aliphatic heterocycles. The Morgan fingerprint density at radius 3 is 2.52 bits per heavy atom. The third kappa shape index (κ3) is 4.56. The number of hydrazine groups is 1. The highest BCUT2D eigenvalue weighted by molar-refractivity contribution is 6.30. The van der Waals surface area contributed by atoms with Crippen LogP contribution in [0.4, 0.5) is 11.4 Å². The van der Waals surface area contributed by atoms with Crippen molar-refractivity contribution in [3.05, 3.63) is 64.9 Å². The summed E-state index contributed by atoms with van der Waals surface area (Å²) in [6.07, 6.45) is 1.85. The van der Waals surface area contributed by atoms with Crippen molar-refractivity contribution in [3.8, 4) is 0 Å². The lowest BCUT2D eigenvalue weighted by molar-refractivity contribution is -0.118. The number of rotatable bonds is 3. The van der Waals surface area contributed by atoms with Gasteiger partial charge < -0.3 is 14.5 Å². The molecule has 2 fully saturated rings. The van der Waals surface area contributed by atoms with Gasteiger partial charge in [0, 0.05) is 49.0 Å². The van der Waals surface area contributed by atoms with Gasteiger partial charge in [0.2, 0.25) is 0 Å². The van der Waals surface area contributed by atoms with E-state index in [9.17, 15) is 4.79 Å². The standard InChI is InChI=1S/C22H25ClN4O2/c1-25-11-13-26(14-12-25)20-5-3-2-4-17(20)16-21-22(28)27(24-10-15-29-21)19-8-6-18(23)7-9-19/h2-9,16,24H,10-15H2,1H3/b21-16+. The molecule has 0 spiro atoms. The third-order valence-corrected chi connectivity index (χ3v) is 5.45. The molecule has 1 amide bonds. The second-order valence-electron chi connectivity index (χ2n) is 7.23. The van der Waals surface area contributed by atoms with Crippen molar-refractivity contribution in [2.75, 3.05) is 56.3 Å². The summed E-state index contributed by atoms with van der Waals surface area (Å²) in [5.41, 5.74) is 5.96. The zero-order valence-electron chi connectivity index (χ0n) is 16.5. The molecule has 7 heteroatoms. The van der Waals surface area contributed by atoms with E-state index in [4.69, 9.17) is 16.3 Å². The van der Waals surface area contributed by atoms with E-state index in [0.717, 1.165) is 43.1 Å². The van der Waals surface area contributed by atoms with E-state index in [1.165, 1.54) is 5.01 Å². The number of para-hydroxylation sites is 1. The van der Waals surface area contributed by atoms with Gasteiger partial charge in [-0.1, -0.05) is 29.8 Å². The Balaban J connectivity index is 1.63. The minimum absolute atomic E-state index is 0.224. The molecule has 1 N–H and O–H groups in total. The fraction of sp³-hybridized carbons (Fsp3) is 0.318. The lowest BCUT2D eigenvalue weighted by Crippen LogP contribution is -2.44. The summed E-state index contributed by atoms with van der Waals surface area (Å²) in [6, 6.07) is 15.3. The summed E-state index contributed by atoms with van der Waals surface area (Å²) < 4.78 is 5.81. The van der Waals surface area contributed by atoms with Crippen LogP contribution in [0.25, 0.3) is 6.08 Å². The maximum Gasteiger partial charge on any atom is 0.307 e. The van der Waals surface area contributed by atoms with Gasteiger partial charge in [-0.15, -0.1) is 0 Å². The van der Waals surface area contributed by atoms with Crippen LogP contribution < -0.4 is 15.3 Å². The van der Waals surface area contributed by atoms with Crippen molar-refractivity contribution in [2.45, 2.75) is 0 Å². The molecular weight excluding hydrogens is 388 g/mol. The van der Waals surface area contributed by atoms with Crippen molar-refractivity contribution in [1.29, 1.82) is 0 Å². The monoisotopic (exact) mass is 412 g/mol. The van der Waals surface area contributed by atoms with E-state index in [-0.39, 0.29) is 5.91 Å². The molecule has 152 valence electrons. The van der Waals surface area contributed by atoms with E-state index in [0.29, 0.717) is 23.9 Å². The van der Waals surface area contributed by atoms with Gasteiger partial charge >= 0.3 is 5.91 Å². The molecule has 4 rings (SSSR count). The topological polar surface area (TPSA) is 48.1 Å². The van der Waals surface area contributed by atoms with Crippen LogP contribution in [0.15, 0.2) is 54.3 Å². The summed E-state index contributed by atoms with van der Waals surface area (Å²) in [6.45, 7) is 4.92. The van der Waals surface area contributed by atoms with Crippen LogP contribution in [-0.2, 0) is 9.53 Å². The first-order chi connectivity index (χ1) is 14.1. The van der Waals surface area contributed by atoms with Crippen LogP contribution in [0.2, 0.25) is 5.02 Å². The minimum Gasteiger partial charge on any atom is -0.486 e. The predicted molar refractivity (Wildman–Crippen MR) is 117 cm³/mol. The molecule has 2 aromatic carbocycles. The lowest BCUT2D eigenvalue weighted by atomic mass is 10.1. The molecule has 0 aliphatic carbocycles. The van der Waals surface area contributed by atoms with Crippen LogP contribution in [0, 0.1) is 0 Å². The van der Waals surface area contributed by atoms with Crippen molar-refractivity contribution in [2.24, 2.45) is 0 Å². The number of ether oxygens (including phenoxy) is 1. The molecule has 2 saturated heterocycles. The maximum absolute atomic E-state index is 13.2. The van der Waals surface area contributed by atoms with E-state index in [2.05, 4.69) is 28.3 Å². The van der Waals surface area contributed by atoms with Gasteiger partial charge in [0.25, 0.3) is 0 Å². The van der Waals surface area contributed by atoms with Crippen LogP contribution in [0.5, 0.6) is 0 Å². The molecule has 0 unspecified atom stereocenters. The first-order valence-corrected chi connectivity index (χ1v) is 10.2. The maximum atomic E-state index is 13.2. The highest BCUT2D eigenvalue weighted by Crippen LogP contribution is 2.26. The molecule has 0 radical (unpaired) electrons. The summed E-state index contributed by atoms with van der Waals surface area (Å²) in [5.74, 6) is 0.101. The zero-order chi connectivity index (χ0) is 20.2. The molecule has 2 aromatic rings. The number of carbonyl (C=O) groups excluding carboxylic acids is 1. The van der Waals surface area contributed by atoms with Crippen molar-refractivity contribution < 1.29 is 9.53 Å². The predicted octanol–water partition coefficient (Wildman–Crippen LogP) is 3.00. The first-order valence-electron chi connectivity index (χ1n) is 9.82. The summed E-state index contributed by atoms with van der Waals surface area (Å²) in [7, 11) is 2.14. The van der Waals surface area contributed by atoms with Gasteiger partial charge in [-0.25, -0.2) is 10.4 Å². The lowest BCUT2D eigenvalue weighted by Gasteiger charge is -2.35. The Bertz CT molecular complexity index is 892.